The number of amides is 1. The van der Waals surface area contributed by atoms with Gasteiger partial charge in [0.2, 0.25) is 0 Å². The fourth-order valence-electron chi connectivity index (χ4n) is 5.37. The Morgan fingerprint density at radius 1 is 1.23 bits per heavy atom. The van der Waals surface area contributed by atoms with Crippen LogP contribution < -0.4 is 5.32 Å². The molecule has 1 heterocycles. The van der Waals surface area contributed by atoms with Crippen molar-refractivity contribution in [1.29, 1.82) is 0 Å². The maximum absolute atomic E-state index is 13.6. The van der Waals surface area contributed by atoms with Crippen molar-refractivity contribution in [2.45, 2.75) is 68.8 Å². The highest BCUT2D eigenvalue weighted by Gasteiger charge is 2.40. The monoisotopic (exact) mass is 557 g/mol. The number of ether oxygens (including phenoxy) is 2. The third-order valence-electron chi connectivity index (χ3n) is 7.21. The summed E-state index contributed by atoms with van der Waals surface area (Å²) in [5, 5.41) is 26.2. The maximum atomic E-state index is 13.6. The Hall–Kier alpha value is -2.63. The van der Waals surface area contributed by atoms with E-state index in [1.54, 1.807) is 28.6 Å². The van der Waals surface area contributed by atoms with Crippen LogP contribution in [0.2, 0.25) is 0 Å². The number of fused-ring (bicyclic) bond motifs is 1. The molecule has 0 aromatic heterocycles. The first-order valence-corrected chi connectivity index (χ1v) is 14.7. The van der Waals surface area contributed by atoms with Gasteiger partial charge in [-0.3, -0.25) is 0 Å². The summed E-state index contributed by atoms with van der Waals surface area (Å²) in [7, 11) is 0. The molecule has 9 nitrogen and oxygen atoms in total. The van der Waals surface area contributed by atoms with E-state index in [0.29, 0.717) is 35.8 Å². The number of hydrogen-bond acceptors (Lipinski definition) is 8. The highest BCUT2D eigenvalue weighted by molar-refractivity contribution is 7.89. The third-order valence-corrected chi connectivity index (χ3v) is 8.63. The summed E-state index contributed by atoms with van der Waals surface area (Å²) in [4.78, 5) is 13.5. The Bertz CT molecular complexity index is 1080. The van der Waals surface area contributed by atoms with Gasteiger partial charge in [0.15, 0.2) is 4.90 Å². The van der Waals surface area contributed by atoms with Crippen LogP contribution in [0.15, 0.2) is 64.6 Å². The van der Waals surface area contributed by atoms with Gasteiger partial charge in [0.25, 0.3) is 0 Å². The summed E-state index contributed by atoms with van der Waals surface area (Å²) in [6, 6.07) is 15.9. The lowest BCUT2D eigenvalue weighted by Crippen LogP contribution is -2.51. The zero-order chi connectivity index (χ0) is 27.8. The molecule has 1 saturated heterocycles. The predicted molar refractivity (Wildman–Crippen MR) is 149 cm³/mol. The average Bonchev–Trinajstić information content (AvgIpc) is 3.50. The standard InChI is InChI=1S/C29H39N3O6S/c1-20(2)18-32(39(36)25-10-6-9-22(13-25)17-30-35)19-27(33)26(14-21-7-4-3-5-8-21)31-29(34)38-24-15-23-11-12-37-28(23)16-24/h3-10,13,17,20,23-24,26-28,33,35H,11-12,14-16,18-19H2,1-2H3,(H,31,34)/b30-17+/t23-,24+,26-,27+,28+,39?/m0/s1. The number of rotatable bonds is 12. The van der Waals surface area contributed by atoms with Gasteiger partial charge in [-0.2, -0.15) is 0 Å². The number of oxime groups is 1. The minimum Gasteiger partial charge on any atom is -0.593 e. The van der Waals surface area contributed by atoms with Crippen molar-refractivity contribution in [3.05, 3.63) is 65.7 Å². The third kappa shape index (κ3) is 8.43. The molecule has 39 heavy (non-hydrogen) atoms. The Balaban J connectivity index is 1.46. The topological polar surface area (TPSA) is 127 Å². The van der Waals surface area contributed by atoms with Crippen LogP contribution in [0, 0.1) is 11.8 Å². The highest BCUT2D eigenvalue weighted by atomic mass is 32.2. The van der Waals surface area contributed by atoms with Crippen LogP contribution in [0.25, 0.3) is 0 Å². The van der Waals surface area contributed by atoms with Gasteiger partial charge in [-0.15, -0.1) is 4.31 Å². The molecule has 0 spiro atoms. The zero-order valence-electron chi connectivity index (χ0n) is 22.5. The molecule has 4 rings (SSSR count). The first kappa shape index (κ1) is 29.4. The molecule has 1 saturated carbocycles. The molecule has 2 fully saturated rings. The summed E-state index contributed by atoms with van der Waals surface area (Å²) >= 11 is -1.59. The van der Waals surface area contributed by atoms with Crippen LogP contribution in [0.1, 0.15) is 44.2 Å². The quantitative estimate of drug-likeness (QED) is 0.157. The number of nitrogens with one attached hydrogen (secondary N) is 1. The number of aliphatic hydroxyl groups excluding tert-OH is 1. The summed E-state index contributed by atoms with van der Waals surface area (Å²) in [6.45, 7) is 5.34. The summed E-state index contributed by atoms with van der Waals surface area (Å²) in [6.07, 6.45) is 2.54. The molecule has 2 aromatic carbocycles. The Labute approximate surface area is 233 Å². The van der Waals surface area contributed by atoms with Crippen LogP contribution in [-0.4, -0.2) is 75.5 Å². The smallest absolute Gasteiger partial charge is 0.407 e. The highest BCUT2D eigenvalue weighted by Crippen LogP contribution is 2.37. The Morgan fingerprint density at radius 3 is 2.74 bits per heavy atom. The SMILES string of the molecule is CC(C)CN(C[C@@H](O)[C@H](Cc1ccccc1)NC(=O)O[C@@H]1C[C@@H]2CCO[C@@H]2C1)[S+]([O-])c1cccc(/C=N/O)c1. The van der Waals surface area contributed by atoms with Crippen molar-refractivity contribution in [3.8, 4) is 0 Å². The van der Waals surface area contributed by atoms with Crippen LogP contribution in [-0.2, 0) is 27.3 Å². The van der Waals surface area contributed by atoms with Gasteiger partial charge in [-0.25, -0.2) is 4.79 Å². The molecule has 212 valence electrons. The van der Waals surface area contributed by atoms with Gasteiger partial charge >= 0.3 is 6.09 Å². The number of benzene rings is 2. The lowest BCUT2D eigenvalue weighted by molar-refractivity contribution is 0.0554. The van der Waals surface area contributed by atoms with E-state index < -0.39 is 29.6 Å². The van der Waals surface area contributed by atoms with E-state index in [1.165, 1.54) is 6.21 Å². The molecule has 2 aliphatic rings. The second-order valence-corrected chi connectivity index (χ2v) is 12.3. The lowest BCUT2D eigenvalue weighted by Gasteiger charge is -2.31. The first-order chi connectivity index (χ1) is 18.8. The molecule has 0 radical (unpaired) electrons. The predicted octanol–water partition coefficient (Wildman–Crippen LogP) is 3.74. The second-order valence-electron chi connectivity index (χ2n) is 10.8. The minimum absolute atomic E-state index is 0.0717. The van der Waals surface area contributed by atoms with E-state index in [9.17, 15) is 14.5 Å². The largest absolute Gasteiger partial charge is 0.593 e. The van der Waals surface area contributed by atoms with E-state index in [0.717, 1.165) is 25.0 Å². The number of nitrogens with zero attached hydrogens (tertiary/aromatic N) is 2. The van der Waals surface area contributed by atoms with Crippen molar-refractivity contribution in [2.24, 2.45) is 17.0 Å². The fraction of sp³-hybridized carbons (Fsp3) is 0.517. The second kappa shape index (κ2) is 14.1. The molecule has 2 aromatic rings. The zero-order valence-corrected chi connectivity index (χ0v) is 23.3. The van der Waals surface area contributed by atoms with Crippen molar-refractivity contribution in [1.82, 2.24) is 9.62 Å². The van der Waals surface area contributed by atoms with E-state index in [4.69, 9.17) is 14.7 Å². The molecule has 10 heteroatoms. The molecule has 3 N–H and O–H groups in total. The fourth-order valence-corrected chi connectivity index (χ4v) is 6.82. The molecule has 1 unspecified atom stereocenters. The summed E-state index contributed by atoms with van der Waals surface area (Å²) in [5.41, 5.74) is 1.57. The lowest BCUT2D eigenvalue weighted by atomic mass is 10.0. The number of carbonyl (C=O) groups is 1. The average molecular weight is 558 g/mol. The molecule has 1 aliphatic heterocycles. The number of aliphatic hydroxyl groups is 1. The van der Waals surface area contributed by atoms with Crippen LogP contribution >= 0.6 is 0 Å². The minimum atomic E-state index is -1.59. The van der Waals surface area contributed by atoms with Gasteiger partial charge in [-0.05, 0) is 42.7 Å². The number of alkyl carbamates (subject to hydrolysis) is 1. The van der Waals surface area contributed by atoms with Gasteiger partial charge in [0.05, 0.1) is 42.4 Å². The molecular formula is C29H39N3O6S. The van der Waals surface area contributed by atoms with Crippen molar-refractivity contribution in [3.63, 3.8) is 0 Å². The van der Waals surface area contributed by atoms with Crippen LogP contribution in [0.4, 0.5) is 4.79 Å². The molecule has 1 aliphatic carbocycles. The molecule has 6 atom stereocenters. The molecule has 0 bridgehead atoms. The van der Waals surface area contributed by atoms with E-state index in [2.05, 4.69) is 10.5 Å². The molecular weight excluding hydrogens is 518 g/mol. The van der Waals surface area contributed by atoms with Gasteiger partial charge in [0, 0.05) is 31.2 Å². The van der Waals surface area contributed by atoms with Gasteiger partial charge in [0.1, 0.15) is 6.10 Å². The van der Waals surface area contributed by atoms with E-state index in [-0.39, 0.29) is 24.7 Å². The summed E-state index contributed by atoms with van der Waals surface area (Å²) in [5.74, 6) is 0.619. The molecule has 1 amide bonds. The van der Waals surface area contributed by atoms with Crippen molar-refractivity contribution < 1.29 is 29.1 Å². The normalized spacial score (nSPS) is 23.2. The van der Waals surface area contributed by atoms with E-state index in [1.807, 2.05) is 44.2 Å². The maximum Gasteiger partial charge on any atom is 0.407 e. The Morgan fingerprint density at radius 2 is 2.03 bits per heavy atom. The first-order valence-electron chi connectivity index (χ1n) is 13.6. The summed E-state index contributed by atoms with van der Waals surface area (Å²) < 4.78 is 26.8. The van der Waals surface area contributed by atoms with Gasteiger partial charge in [-0.1, -0.05) is 61.5 Å². The van der Waals surface area contributed by atoms with Crippen LogP contribution in [0.5, 0.6) is 0 Å². The van der Waals surface area contributed by atoms with Crippen LogP contribution in [0.3, 0.4) is 0 Å². The van der Waals surface area contributed by atoms with E-state index >= 15 is 0 Å². The Kier molecular flexibility index (Phi) is 10.6. The number of carbonyl (C=O) groups excluding carboxylic acids is 1. The van der Waals surface area contributed by atoms with Crippen molar-refractivity contribution >= 4 is 23.7 Å². The van der Waals surface area contributed by atoms with Crippen molar-refractivity contribution in [2.75, 3.05) is 19.7 Å². The number of hydrogen-bond donors (Lipinski definition) is 3. The van der Waals surface area contributed by atoms with Gasteiger partial charge < -0.3 is 29.7 Å².